The molecule has 1 N–H and O–H groups in total. The summed E-state index contributed by atoms with van der Waals surface area (Å²) in [6.07, 6.45) is 10.7. The molecule has 0 spiro atoms. The van der Waals surface area contributed by atoms with Crippen molar-refractivity contribution in [2.24, 2.45) is 5.92 Å². The van der Waals surface area contributed by atoms with E-state index in [0.29, 0.717) is 12.3 Å². The molecule has 6 heteroatoms. The van der Waals surface area contributed by atoms with E-state index in [2.05, 4.69) is 27.5 Å². The standard InChI is InChI=1S/C16H24N4O2/c21-16(11-14-3-1-2-4-14)18-15-12-17-20(13-15)6-5-19-7-9-22-10-8-19/h1,3,12-14H,2,4-11H2,(H,18,21). The molecule has 2 heterocycles. The molecule has 1 aromatic heterocycles. The summed E-state index contributed by atoms with van der Waals surface area (Å²) in [6, 6.07) is 0. The summed E-state index contributed by atoms with van der Waals surface area (Å²) in [5.41, 5.74) is 0.786. The maximum Gasteiger partial charge on any atom is 0.225 e. The van der Waals surface area contributed by atoms with Gasteiger partial charge in [0.15, 0.2) is 0 Å². The third-order valence-corrected chi connectivity index (χ3v) is 4.23. The van der Waals surface area contributed by atoms with Crippen molar-refractivity contribution < 1.29 is 9.53 Å². The van der Waals surface area contributed by atoms with Gasteiger partial charge in [0, 0.05) is 32.3 Å². The van der Waals surface area contributed by atoms with Crippen LogP contribution >= 0.6 is 0 Å². The number of hydrogen-bond acceptors (Lipinski definition) is 4. The fraction of sp³-hybridized carbons (Fsp3) is 0.625. The molecule has 120 valence electrons. The quantitative estimate of drug-likeness (QED) is 0.809. The predicted molar refractivity (Wildman–Crippen MR) is 84.6 cm³/mol. The van der Waals surface area contributed by atoms with Crippen LogP contribution in [-0.4, -0.2) is 53.4 Å². The monoisotopic (exact) mass is 304 g/mol. The number of rotatable bonds is 6. The largest absolute Gasteiger partial charge is 0.379 e. The number of nitrogens with zero attached hydrogens (tertiary/aromatic N) is 3. The number of allylic oxidation sites excluding steroid dienone is 2. The molecule has 1 aliphatic carbocycles. The number of nitrogens with one attached hydrogen (secondary N) is 1. The van der Waals surface area contributed by atoms with Crippen molar-refractivity contribution in [2.75, 3.05) is 38.2 Å². The van der Waals surface area contributed by atoms with E-state index in [1.165, 1.54) is 0 Å². The van der Waals surface area contributed by atoms with Crippen LogP contribution in [0.2, 0.25) is 0 Å². The van der Waals surface area contributed by atoms with Crippen LogP contribution in [0.1, 0.15) is 19.3 Å². The lowest BCUT2D eigenvalue weighted by atomic mass is 10.1. The second kappa shape index (κ2) is 7.56. The number of ether oxygens (including phenoxy) is 1. The Morgan fingerprint density at radius 3 is 3.00 bits per heavy atom. The average molecular weight is 304 g/mol. The maximum absolute atomic E-state index is 12.0. The summed E-state index contributed by atoms with van der Waals surface area (Å²) < 4.78 is 7.23. The van der Waals surface area contributed by atoms with Crippen molar-refractivity contribution in [3.8, 4) is 0 Å². The van der Waals surface area contributed by atoms with Gasteiger partial charge in [-0.2, -0.15) is 5.10 Å². The van der Waals surface area contributed by atoms with Crippen LogP contribution in [0.5, 0.6) is 0 Å². The Hall–Kier alpha value is -1.66. The van der Waals surface area contributed by atoms with Crippen LogP contribution in [0, 0.1) is 5.92 Å². The summed E-state index contributed by atoms with van der Waals surface area (Å²) >= 11 is 0. The molecule has 1 aromatic rings. The van der Waals surface area contributed by atoms with E-state index in [0.717, 1.165) is 57.9 Å². The summed E-state index contributed by atoms with van der Waals surface area (Å²) in [4.78, 5) is 14.3. The first-order chi connectivity index (χ1) is 10.8. The first-order valence-corrected chi connectivity index (χ1v) is 8.09. The summed E-state index contributed by atoms with van der Waals surface area (Å²) in [5.74, 6) is 0.473. The summed E-state index contributed by atoms with van der Waals surface area (Å²) in [5, 5.41) is 7.25. The van der Waals surface area contributed by atoms with Crippen LogP contribution in [0.4, 0.5) is 5.69 Å². The lowest BCUT2D eigenvalue weighted by Gasteiger charge is -2.26. The molecule has 1 unspecified atom stereocenters. The Labute approximate surface area is 131 Å². The van der Waals surface area contributed by atoms with E-state index in [4.69, 9.17) is 4.74 Å². The fourth-order valence-electron chi connectivity index (χ4n) is 2.93. The maximum atomic E-state index is 12.0. The van der Waals surface area contributed by atoms with E-state index in [1.807, 2.05) is 10.9 Å². The van der Waals surface area contributed by atoms with Gasteiger partial charge in [0.2, 0.25) is 5.91 Å². The summed E-state index contributed by atoms with van der Waals surface area (Å²) in [6.45, 7) is 5.40. The van der Waals surface area contributed by atoms with Crippen molar-refractivity contribution in [3.05, 3.63) is 24.5 Å². The average Bonchev–Trinajstić information content (AvgIpc) is 3.18. The van der Waals surface area contributed by atoms with Crippen molar-refractivity contribution in [2.45, 2.75) is 25.8 Å². The zero-order valence-corrected chi connectivity index (χ0v) is 12.9. The number of hydrogen-bond donors (Lipinski definition) is 1. The summed E-state index contributed by atoms with van der Waals surface area (Å²) in [7, 11) is 0. The number of carbonyl (C=O) groups is 1. The molecule has 1 aliphatic heterocycles. The first kappa shape index (κ1) is 15.2. The molecule has 6 nitrogen and oxygen atoms in total. The van der Waals surface area contributed by atoms with Gasteiger partial charge in [0.05, 0.1) is 31.6 Å². The topological polar surface area (TPSA) is 59.4 Å². The Kier molecular flexibility index (Phi) is 5.24. The van der Waals surface area contributed by atoms with Gasteiger partial charge in [0.25, 0.3) is 0 Å². The van der Waals surface area contributed by atoms with Gasteiger partial charge in [-0.05, 0) is 18.8 Å². The Balaban J connectivity index is 1.42. The lowest BCUT2D eigenvalue weighted by molar-refractivity contribution is -0.116. The molecule has 0 bridgehead atoms. The van der Waals surface area contributed by atoms with Gasteiger partial charge in [-0.3, -0.25) is 14.4 Å². The van der Waals surface area contributed by atoms with Crippen LogP contribution in [0.25, 0.3) is 0 Å². The number of anilines is 1. The smallest absolute Gasteiger partial charge is 0.225 e. The number of carbonyl (C=O) groups excluding carboxylic acids is 1. The molecule has 1 fully saturated rings. The molecule has 0 saturated carbocycles. The lowest BCUT2D eigenvalue weighted by Crippen LogP contribution is -2.38. The van der Waals surface area contributed by atoms with Gasteiger partial charge in [-0.15, -0.1) is 0 Å². The minimum Gasteiger partial charge on any atom is -0.379 e. The van der Waals surface area contributed by atoms with Crippen LogP contribution in [-0.2, 0) is 16.1 Å². The number of amides is 1. The fourth-order valence-corrected chi connectivity index (χ4v) is 2.93. The van der Waals surface area contributed by atoms with Gasteiger partial charge >= 0.3 is 0 Å². The van der Waals surface area contributed by atoms with E-state index >= 15 is 0 Å². The minimum absolute atomic E-state index is 0.0734. The Morgan fingerprint density at radius 2 is 2.23 bits per heavy atom. The van der Waals surface area contributed by atoms with Crippen molar-refractivity contribution in [1.29, 1.82) is 0 Å². The van der Waals surface area contributed by atoms with Crippen LogP contribution in [0.15, 0.2) is 24.5 Å². The molecule has 0 aromatic carbocycles. The molecular weight excluding hydrogens is 280 g/mol. The normalized spacial score (nSPS) is 22.1. The molecule has 1 amide bonds. The molecule has 0 radical (unpaired) electrons. The molecule has 2 aliphatic rings. The van der Waals surface area contributed by atoms with Crippen molar-refractivity contribution in [3.63, 3.8) is 0 Å². The van der Waals surface area contributed by atoms with E-state index in [9.17, 15) is 4.79 Å². The van der Waals surface area contributed by atoms with Gasteiger partial charge < -0.3 is 10.1 Å². The Bertz CT molecular complexity index is 520. The highest BCUT2D eigenvalue weighted by Gasteiger charge is 2.15. The van der Waals surface area contributed by atoms with Crippen LogP contribution in [0.3, 0.4) is 0 Å². The van der Waals surface area contributed by atoms with E-state index in [-0.39, 0.29) is 5.91 Å². The first-order valence-electron chi connectivity index (χ1n) is 8.09. The highest BCUT2D eigenvalue weighted by Crippen LogP contribution is 2.20. The second-order valence-corrected chi connectivity index (χ2v) is 5.96. The molecule has 3 rings (SSSR count). The zero-order chi connectivity index (χ0) is 15.2. The predicted octanol–water partition coefficient (Wildman–Crippen LogP) is 1.51. The number of morpholine rings is 1. The van der Waals surface area contributed by atoms with Crippen molar-refractivity contribution >= 4 is 11.6 Å². The molecular formula is C16H24N4O2. The highest BCUT2D eigenvalue weighted by atomic mass is 16.5. The van der Waals surface area contributed by atoms with Crippen LogP contribution < -0.4 is 5.32 Å². The number of aromatic nitrogens is 2. The van der Waals surface area contributed by atoms with Crippen molar-refractivity contribution in [1.82, 2.24) is 14.7 Å². The highest BCUT2D eigenvalue weighted by molar-refractivity contribution is 5.90. The van der Waals surface area contributed by atoms with Gasteiger partial charge in [-0.25, -0.2) is 0 Å². The van der Waals surface area contributed by atoms with Gasteiger partial charge in [0.1, 0.15) is 0 Å². The van der Waals surface area contributed by atoms with E-state index in [1.54, 1.807) is 6.20 Å². The third kappa shape index (κ3) is 4.42. The molecule has 1 atom stereocenters. The Morgan fingerprint density at radius 1 is 1.36 bits per heavy atom. The van der Waals surface area contributed by atoms with E-state index < -0.39 is 0 Å². The molecule has 22 heavy (non-hydrogen) atoms. The minimum atomic E-state index is 0.0734. The molecule has 1 saturated heterocycles. The second-order valence-electron chi connectivity index (χ2n) is 5.96. The zero-order valence-electron chi connectivity index (χ0n) is 12.9. The van der Waals surface area contributed by atoms with Gasteiger partial charge in [-0.1, -0.05) is 12.2 Å². The third-order valence-electron chi connectivity index (χ3n) is 4.23. The SMILES string of the molecule is O=C(CC1C=CCC1)Nc1cnn(CCN2CCOCC2)c1.